The van der Waals surface area contributed by atoms with Crippen molar-refractivity contribution in [1.29, 1.82) is 5.26 Å². The summed E-state index contributed by atoms with van der Waals surface area (Å²) in [7, 11) is 0. The fraction of sp³-hybridized carbons (Fsp3) is 0.667. The van der Waals surface area contributed by atoms with E-state index in [0.29, 0.717) is 19.8 Å². The smallest absolute Gasteiger partial charge is 0.430 e. The molecule has 2 aliphatic heterocycles. The molecule has 0 aliphatic carbocycles. The van der Waals surface area contributed by atoms with Crippen molar-refractivity contribution in [3.63, 3.8) is 0 Å². The van der Waals surface area contributed by atoms with E-state index in [1.54, 1.807) is 6.07 Å². The number of ketones is 1. The third-order valence-corrected chi connectivity index (χ3v) is 5.20. The van der Waals surface area contributed by atoms with Crippen LogP contribution in [0, 0.1) is 11.3 Å². The number of morpholine rings is 1. The number of hydrogen-bond acceptors (Lipinski definition) is 10. The van der Waals surface area contributed by atoms with Gasteiger partial charge in [0.15, 0.2) is 5.78 Å². The molecule has 12 nitrogen and oxygen atoms in total. The van der Waals surface area contributed by atoms with Crippen molar-refractivity contribution in [2.45, 2.75) is 31.5 Å². The first-order valence-electron chi connectivity index (χ1n) is 9.64. The SMILES string of the molecule is CC(=O)N(C(CC#N)C(=O)C=NN1C[C@H](CN2CCOCC2)OC1=O)[C@@H](CS)C(=O)O. The van der Waals surface area contributed by atoms with Gasteiger partial charge in [0.05, 0.1) is 38.5 Å². The minimum absolute atomic E-state index is 0.133. The van der Waals surface area contributed by atoms with E-state index < -0.39 is 48.4 Å². The number of nitrogens with zero attached hydrogens (tertiary/aromatic N) is 5. The van der Waals surface area contributed by atoms with Crippen LogP contribution in [0.25, 0.3) is 0 Å². The van der Waals surface area contributed by atoms with Crippen LogP contribution >= 0.6 is 12.6 Å². The van der Waals surface area contributed by atoms with Gasteiger partial charge in [-0.15, -0.1) is 0 Å². The topological polar surface area (TPSA) is 153 Å². The molecule has 2 fully saturated rings. The van der Waals surface area contributed by atoms with E-state index in [1.807, 2.05) is 0 Å². The quantitative estimate of drug-likeness (QED) is 0.319. The van der Waals surface area contributed by atoms with E-state index in [4.69, 9.17) is 14.7 Å². The van der Waals surface area contributed by atoms with Gasteiger partial charge in [0.25, 0.3) is 0 Å². The Bertz CT molecular complexity index is 765. The van der Waals surface area contributed by atoms with Crippen molar-refractivity contribution in [3.05, 3.63) is 0 Å². The van der Waals surface area contributed by atoms with Gasteiger partial charge in [-0.25, -0.2) is 9.59 Å². The molecule has 3 atom stereocenters. The minimum Gasteiger partial charge on any atom is -0.480 e. The summed E-state index contributed by atoms with van der Waals surface area (Å²) in [6.45, 7) is 4.40. The average molecular weight is 455 g/mol. The molecule has 31 heavy (non-hydrogen) atoms. The van der Waals surface area contributed by atoms with Crippen molar-refractivity contribution in [2.75, 3.05) is 45.1 Å². The Kier molecular flexibility index (Phi) is 9.22. The fourth-order valence-corrected chi connectivity index (χ4v) is 3.68. The molecule has 13 heteroatoms. The highest BCUT2D eigenvalue weighted by Crippen LogP contribution is 2.15. The maximum Gasteiger partial charge on any atom is 0.430 e. The number of thiol groups is 1. The molecule has 0 saturated carbocycles. The van der Waals surface area contributed by atoms with Crippen molar-refractivity contribution in [3.8, 4) is 6.07 Å². The van der Waals surface area contributed by atoms with Gasteiger partial charge >= 0.3 is 12.1 Å². The number of amides is 2. The highest BCUT2D eigenvalue weighted by Gasteiger charge is 2.37. The molecular formula is C18H25N5O7S. The van der Waals surface area contributed by atoms with E-state index in [1.165, 1.54) is 0 Å². The van der Waals surface area contributed by atoms with E-state index >= 15 is 0 Å². The van der Waals surface area contributed by atoms with Gasteiger partial charge in [-0.1, -0.05) is 0 Å². The molecule has 2 heterocycles. The van der Waals surface area contributed by atoms with Gasteiger partial charge < -0.3 is 19.5 Å². The number of hydrogen-bond donors (Lipinski definition) is 2. The number of aliphatic carboxylic acids is 1. The van der Waals surface area contributed by atoms with Gasteiger partial charge in [0, 0.05) is 32.3 Å². The number of rotatable bonds is 10. The number of Topliss-reactive ketones (excluding diaryl/α,β-unsaturated/α-hetero) is 1. The Labute approximate surface area is 184 Å². The fourth-order valence-electron chi connectivity index (χ4n) is 3.35. The molecule has 0 spiro atoms. The van der Waals surface area contributed by atoms with Crippen LogP contribution in [0.2, 0.25) is 0 Å². The summed E-state index contributed by atoms with van der Waals surface area (Å²) in [6, 6.07) is -0.994. The molecule has 2 aliphatic rings. The molecule has 0 bridgehead atoms. The monoisotopic (exact) mass is 455 g/mol. The maximum atomic E-state index is 12.7. The van der Waals surface area contributed by atoms with Gasteiger partial charge in [-0.3, -0.25) is 14.5 Å². The van der Waals surface area contributed by atoms with E-state index in [9.17, 15) is 24.3 Å². The molecule has 0 radical (unpaired) electrons. The zero-order valence-electron chi connectivity index (χ0n) is 17.0. The van der Waals surface area contributed by atoms with Crippen LogP contribution in [-0.4, -0.2) is 113 Å². The summed E-state index contributed by atoms with van der Waals surface area (Å²) in [6.07, 6.45) is -0.775. The highest BCUT2D eigenvalue weighted by molar-refractivity contribution is 7.80. The molecular weight excluding hydrogens is 430 g/mol. The lowest BCUT2D eigenvalue weighted by atomic mass is 10.1. The van der Waals surface area contributed by atoms with E-state index in [-0.39, 0.29) is 12.3 Å². The first-order valence-corrected chi connectivity index (χ1v) is 10.3. The van der Waals surface area contributed by atoms with Gasteiger partial charge in [-0.05, 0) is 0 Å². The number of cyclic esters (lactones) is 1. The number of carboxylic acid groups (broad SMARTS) is 1. The predicted octanol–water partition coefficient (Wildman–Crippen LogP) is -0.792. The Balaban J connectivity index is 2.07. The normalized spacial score (nSPS) is 21.4. The van der Waals surface area contributed by atoms with Crippen LogP contribution < -0.4 is 0 Å². The lowest BCUT2D eigenvalue weighted by Gasteiger charge is -2.32. The number of carboxylic acids is 1. The predicted molar refractivity (Wildman–Crippen MR) is 110 cm³/mol. The molecule has 170 valence electrons. The largest absolute Gasteiger partial charge is 0.480 e. The van der Waals surface area contributed by atoms with Gasteiger partial charge in [0.2, 0.25) is 5.91 Å². The number of hydrazone groups is 1. The zero-order valence-corrected chi connectivity index (χ0v) is 17.9. The van der Waals surface area contributed by atoms with Crippen LogP contribution in [0.3, 0.4) is 0 Å². The van der Waals surface area contributed by atoms with E-state index in [2.05, 4.69) is 22.6 Å². The second-order valence-corrected chi connectivity index (χ2v) is 7.35. The molecule has 2 amide bonds. The Hall–Kier alpha value is -2.69. The van der Waals surface area contributed by atoms with Gasteiger partial charge in [0.1, 0.15) is 18.2 Å². The summed E-state index contributed by atoms with van der Waals surface area (Å²) < 4.78 is 10.5. The molecule has 1 unspecified atom stereocenters. The number of carbonyl (C=O) groups excluding carboxylic acids is 3. The third kappa shape index (κ3) is 6.65. The second kappa shape index (κ2) is 11.6. The number of nitriles is 1. The van der Waals surface area contributed by atoms with Crippen LogP contribution in [0.4, 0.5) is 4.79 Å². The molecule has 2 rings (SSSR count). The van der Waals surface area contributed by atoms with Crippen LogP contribution in [0.15, 0.2) is 5.10 Å². The standard InChI is InChI=1S/C18H25N5O7S/c1-12(24)23(15(11-31)17(26)27)14(2-3-19)16(25)8-20-22-10-13(30-18(22)28)9-21-4-6-29-7-5-21/h8,13-15,31H,2,4-7,9-11H2,1H3,(H,26,27)/t13-,14?,15-/m0/s1. The lowest BCUT2D eigenvalue weighted by molar-refractivity contribution is -0.151. The Morgan fingerprint density at radius 3 is 2.61 bits per heavy atom. The maximum absolute atomic E-state index is 12.7. The number of ether oxygens (including phenoxy) is 2. The van der Waals surface area contributed by atoms with Crippen LogP contribution in [-0.2, 0) is 23.9 Å². The van der Waals surface area contributed by atoms with Crippen molar-refractivity contribution >= 4 is 42.6 Å². The number of carbonyl (C=O) groups is 4. The third-order valence-electron chi connectivity index (χ3n) is 4.85. The van der Waals surface area contributed by atoms with Gasteiger partial charge in [-0.2, -0.15) is 28.0 Å². The lowest BCUT2D eigenvalue weighted by Crippen LogP contribution is -2.54. The summed E-state index contributed by atoms with van der Waals surface area (Å²) in [4.78, 5) is 51.1. The average Bonchev–Trinajstić information content (AvgIpc) is 3.07. The molecule has 2 saturated heterocycles. The van der Waals surface area contributed by atoms with Crippen molar-refractivity contribution in [2.24, 2.45) is 5.10 Å². The first-order chi connectivity index (χ1) is 14.8. The van der Waals surface area contributed by atoms with Crippen molar-refractivity contribution in [1.82, 2.24) is 14.8 Å². The molecule has 0 aromatic carbocycles. The summed E-state index contributed by atoms with van der Waals surface area (Å²) >= 11 is 3.94. The Morgan fingerprint density at radius 1 is 1.39 bits per heavy atom. The highest BCUT2D eigenvalue weighted by atomic mass is 32.1. The van der Waals surface area contributed by atoms with E-state index in [0.717, 1.165) is 36.1 Å². The first kappa shape index (κ1) is 24.6. The summed E-state index contributed by atoms with van der Waals surface area (Å²) in [5, 5.41) is 23.2. The van der Waals surface area contributed by atoms with Crippen LogP contribution in [0.5, 0.6) is 0 Å². The summed E-state index contributed by atoms with van der Waals surface area (Å²) in [5.41, 5.74) is 0. The van der Waals surface area contributed by atoms with Crippen molar-refractivity contribution < 1.29 is 33.8 Å². The summed E-state index contributed by atoms with van der Waals surface area (Å²) in [5.74, 6) is -3.08. The molecule has 0 aromatic heterocycles. The van der Waals surface area contributed by atoms with Crippen LogP contribution in [0.1, 0.15) is 13.3 Å². The Morgan fingerprint density at radius 2 is 2.06 bits per heavy atom. The minimum atomic E-state index is -1.40. The second-order valence-electron chi connectivity index (χ2n) is 6.99. The molecule has 0 aromatic rings. The zero-order chi connectivity index (χ0) is 23.0. The molecule has 1 N–H and O–H groups in total.